The van der Waals surface area contributed by atoms with Crippen molar-refractivity contribution in [2.45, 2.75) is 0 Å². The van der Waals surface area contributed by atoms with Crippen molar-refractivity contribution in [2.75, 3.05) is 0 Å². The third-order valence-electron chi connectivity index (χ3n) is 0. The van der Waals surface area contributed by atoms with Crippen molar-refractivity contribution in [1.29, 1.82) is 0 Å². The molecule has 0 saturated heterocycles. The van der Waals surface area contributed by atoms with Crippen molar-refractivity contribution < 1.29 is 13.0 Å². The highest BCUT2D eigenvalue weighted by molar-refractivity contribution is 8.61. The van der Waals surface area contributed by atoms with Crippen LogP contribution in [0.4, 0.5) is 0 Å². The second kappa shape index (κ2) is 5.10. The van der Waals surface area contributed by atoms with Crippen LogP contribution in [0.15, 0.2) is 0 Å². The van der Waals surface area contributed by atoms with Crippen LogP contribution in [0.5, 0.6) is 0 Å². The molecule has 7 heteroatoms. The summed E-state index contributed by atoms with van der Waals surface area (Å²) in [5.74, 6) is 0. The van der Waals surface area contributed by atoms with Crippen molar-refractivity contribution in [3.8, 4) is 0 Å². The topological polar surface area (TPSA) is 54.4 Å². The minimum absolute atomic E-state index is 2.65. The molecule has 0 aromatic rings. The van der Waals surface area contributed by atoms with Gasteiger partial charge in [0, 0.05) is 0 Å². The molecule has 0 aliphatic rings. The summed E-state index contributed by atoms with van der Waals surface area (Å²) in [6.07, 6.45) is 0. The quantitative estimate of drug-likeness (QED) is 0.249. The van der Waals surface area contributed by atoms with Gasteiger partial charge in [-0.3, -0.25) is 4.55 Å². The van der Waals surface area contributed by atoms with Crippen LogP contribution in [-0.4, -0.2) is 13.0 Å². The van der Waals surface area contributed by atoms with Crippen LogP contribution in [-0.2, 0) is 9.15 Å². The lowest BCUT2D eigenvalue weighted by molar-refractivity contribution is 0.503. The first-order valence-electron chi connectivity index (χ1n) is 0.898. The first kappa shape index (κ1) is 10.9. The number of hydrogen-bond donors (Lipinski definition) is 4. The number of hydrogen-bond acceptors (Lipinski definition) is 4. The van der Waals surface area contributed by atoms with Crippen molar-refractivity contribution in [3.63, 3.8) is 0 Å². The second-order valence-corrected chi connectivity index (χ2v) is 2.73. The molecular weight excluding hydrogens is 176 g/mol. The standard InChI is InChI=1S/H2O3S2.H2S2/c1-5(2,3)4;1-2/h(H2,1,2,3,4);1-2H. The predicted molar refractivity (Wildman–Crippen MR) is 38.5 cm³/mol. The van der Waals surface area contributed by atoms with Gasteiger partial charge in [0.15, 0.2) is 0 Å². The molecule has 0 aliphatic carbocycles. The molecule has 0 bridgehead atoms. The molecule has 0 rings (SSSR count). The predicted octanol–water partition coefficient (Wildman–Crippen LogP) is 0.480. The minimum Gasteiger partial charge on any atom is -0.277 e. The lowest BCUT2D eigenvalue weighted by Crippen LogP contribution is -1.78. The summed E-state index contributed by atoms with van der Waals surface area (Å²) in [6.45, 7) is 0. The Morgan fingerprint density at radius 2 is 1.29 bits per heavy atom. The van der Waals surface area contributed by atoms with Gasteiger partial charge >= 0.3 is 9.15 Å². The van der Waals surface area contributed by atoms with Crippen LogP contribution in [0.1, 0.15) is 0 Å². The fourth-order valence-electron chi connectivity index (χ4n) is 0. The van der Waals surface area contributed by atoms with Crippen molar-refractivity contribution in [2.24, 2.45) is 0 Å². The first-order chi connectivity index (χ1) is 3.00. The zero-order chi connectivity index (χ0) is 6.50. The van der Waals surface area contributed by atoms with E-state index < -0.39 is 9.15 Å². The average molecular weight is 180 g/mol. The molecule has 46 valence electrons. The summed E-state index contributed by atoms with van der Waals surface area (Å²) in [5, 5.41) is 0. The summed E-state index contributed by atoms with van der Waals surface area (Å²) in [5.41, 5.74) is 0. The largest absolute Gasteiger partial charge is 0.316 e. The monoisotopic (exact) mass is 180 g/mol. The van der Waals surface area contributed by atoms with Gasteiger partial charge in [-0.05, 0) is 11.7 Å². The van der Waals surface area contributed by atoms with Crippen LogP contribution in [0.2, 0.25) is 0 Å². The van der Waals surface area contributed by atoms with Crippen LogP contribution in [0.25, 0.3) is 0 Å². The maximum absolute atomic E-state index is 9.05. The molecule has 0 spiro atoms. The average Bonchev–Trinajstić information content (AvgIpc) is 1.36. The van der Waals surface area contributed by atoms with Gasteiger partial charge in [0.05, 0.1) is 0 Å². The molecule has 0 radical (unpaired) electrons. The normalized spacial score (nSPS) is 9.14. The molecule has 0 aromatic heterocycles. The second-order valence-electron chi connectivity index (χ2n) is 0.448. The van der Waals surface area contributed by atoms with Crippen molar-refractivity contribution >= 4 is 44.1 Å². The van der Waals surface area contributed by atoms with E-state index in [-0.39, 0.29) is 0 Å². The van der Waals surface area contributed by atoms with E-state index in [1.165, 1.54) is 0 Å². The summed E-state index contributed by atoms with van der Waals surface area (Å²) in [4.78, 5) is 0. The van der Waals surface area contributed by atoms with Crippen molar-refractivity contribution in [3.05, 3.63) is 0 Å². The Labute approximate surface area is 57.3 Å². The Morgan fingerprint density at radius 3 is 1.29 bits per heavy atom. The van der Waals surface area contributed by atoms with Crippen LogP contribution in [0.3, 0.4) is 0 Å². The highest BCUT2D eigenvalue weighted by Gasteiger charge is 1.83. The third-order valence-corrected chi connectivity index (χ3v) is 0. The Balaban J connectivity index is 0. The highest BCUT2D eigenvalue weighted by Crippen LogP contribution is 1.81. The molecule has 0 amide bonds. The van der Waals surface area contributed by atoms with Gasteiger partial charge in [0.1, 0.15) is 0 Å². The van der Waals surface area contributed by atoms with Gasteiger partial charge in [-0.15, -0.1) is 23.3 Å². The highest BCUT2D eigenvalue weighted by atomic mass is 33.1. The van der Waals surface area contributed by atoms with E-state index in [4.69, 9.17) is 13.0 Å². The van der Waals surface area contributed by atoms with Gasteiger partial charge < -0.3 is 0 Å². The zero-order valence-electron chi connectivity index (χ0n) is 3.01. The molecule has 0 unspecified atom stereocenters. The van der Waals surface area contributed by atoms with Gasteiger partial charge in [0.2, 0.25) is 0 Å². The summed E-state index contributed by atoms with van der Waals surface area (Å²) >= 11 is 9.09. The van der Waals surface area contributed by atoms with Gasteiger partial charge in [-0.1, -0.05) is 0 Å². The van der Waals surface area contributed by atoms with E-state index in [0.717, 1.165) is 0 Å². The van der Waals surface area contributed by atoms with E-state index in [0.29, 0.717) is 0 Å². The molecule has 1 N–H and O–H groups in total. The molecule has 0 fully saturated rings. The van der Waals surface area contributed by atoms with Crippen LogP contribution in [0, 0.1) is 0 Å². The van der Waals surface area contributed by atoms with Gasteiger partial charge in [0.25, 0.3) is 0 Å². The maximum Gasteiger partial charge on any atom is 0.316 e. The lowest BCUT2D eigenvalue weighted by atomic mass is 15.9. The zero-order valence-corrected chi connectivity index (χ0v) is 6.51. The summed E-state index contributed by atoms with van der Waals surface area (Å²) in [6, 6.07) is 0. The third kappa shape index (κ3) is 186. The van der Waals surface area contributed by atoms with E-state index in [1.54, 1.807) is 0 Å². The smallest absolute Gasteiger partial charge is 0.277 e. The summed E-state index contributed by atoms with van der Waals surface area (Å²) in [7, 11) is -3.97. The maximum atomic E-state index is 9.05. The number of thiol groups is 3. The molecule has 0 aromatic carbocycles. The Kier molecular flexibility index (Phi) is 7.91. The molecule has 0 atom stereocenters. The minimum atomic E-state index is -3.97. The van der Waals surface area contributed by atoms with E-state index in [2.05, 4.69) is 35.0 Å². The Hall–Kier alpha value is 0.960. The lowest BCUT2D eigenvalue weighted by Gasteiger charge is -1.67. The molecule has 0 heterocycles. The molecule has 0 saturated carbocycles. The van der Waals surface area contributed by atoms with E-state index >= 15 is 0 Å². The SMILES string of the molecule is O=S(=O)(O)S.SS. The first-order valence-corrected chi connectivity index (χ1v) is 4.99. The van der Waals surface area contributed by atoms with E-state index in [1.807, 2.05) is 0 Å². The van der Waals surface area contributed by atoms with Gasteiger partial charge in [-0.25, -0.2) is 0 Å². The van der Waals surface area contributed by atoms with Gasteiger partial charge in [-0.2, -0.15) is 8.42 Å². The molecule has 0 aliphatic heterocycles. The fraction of sp³-hybridized carbons (Fsp3) is 0. The van der Waals surface area contributed by atoms with Crippen LogP contribution < -0.4 is 0 Å². The van der Waals surface area contributed by atoms with Crippen LogP contribution >= 0.6 is 35.0 Å². The Bertz CT molecular complexity index is 90.1. The summed E-state index contributed by atoms with van der Waals surface area (Å²) < 4.78 is 25.5. The molecule has 7 heavy (non-hydrogen) atoms. The molecule has 3 nitrogen and oxygen atoms in total. The van der Waals surface area contributed by atoms with Crippen molar-refractivity contribution in [1.82, 2.24) is 0 Å². The Morgan fingerprint density at radius 1 is 1.29 bits per heavy atom. The number of rotatable bonds is 0. The molecular formula is H4O3S4. The van der Waals surface area contributed by atoms with E-state index in [9.17, 15) is 0 Å². The fourth-order valence-corrected chi connectivity index (χ4v) is 0.